The van der Waals surface area contributed by atoms with E-state index in [1.807, 2.05) is 6.92 Å². The fourth-order valence-electron chi connectivity index (χ4n) is 1.71. The monoisotopic (exact) mass is 209 g/mol. The Morgan fingerprint density at radius 1 is 1.47 bits per heavy atom. The first-order chi connectivity index (χ1) is 7.13. The van der Waals surface area contributed by atoms with Gasteiger partial charge in [-0.1, -0.05) is 6.92 Å². The van der Waals surface area contributed by atoms with Crippen molar-refractivity contribution >= 4 is 5.82 Å². The molecule has 1 aromatic heterocycles. The molecule has 0 aliphatic heterocycles. The second-order valence-corrected chi connectivity index (χ2v) is 4.18. The van der Waals surface area contributed by atoms with E-state index in [-0.39, 0.29) is 5.82 Å². The van der Waals surface area contributed by atoms with Crippen LogP contribution in [0.4, 0.5) is 10.2 Å². The summed E-state index contributed by atoms with van der Waals surface area (Å²) in [5.41, 5.74) is 0.440. The highest BCUT2D eigenvalue weighted by molar-refractivity contribution is 5.38. The summed E-state index contributed by atoms with van der Waals surface area (Å²) in [5.74, 6) is 1.89. The second-order valence-electron chi connectivity index (χ2n) is 4.18. The standard InChI is InChI=1S/C11H16FN3/c1-4-13-11-9(12)7(3)14-10(15-11)8-5-6(8)2/h6,8H,4-5H2,1-3H3,(H,13,14,15). The van der Waals surface area contributed by atoms with E-state index in [1.54, 1.807) is 6.92 Å². The Hall–Kier alpha value is -1.19. The average Bonchev–Trinajstić information content (AvgIpc) is 2.91. The third kappa shape index (κ3) is 1.94. The van der Waals surface area contributed by atoms with Crippen LogP contribution in [0.3, 0.4) is 0 Å². The summed E-state index contributed by atoms with van der Waals surface area (Å²) >= 11 is 0. The van der Waals surface area contributed by atoms with Crippen LogP contribution in [0.15, 0.2) is 0 Å². The highest BCUT2D eigenvalue weighted by Gasteiger charge is 2.37. The van der Waals surface area contributed by atoms with Gasteiger partial charge in [0, 0.05) is 12.5 Å². The fourth-order valence-corrected chi connectivity index (χ4v) is 1.71. The summed E-state index contributed by atoms with van der Waals surface area (Å²) in [4.78, 5) is 8.44. The summed E-state index contributed by atoms with van der Waals surface area (Å²) in [5, 5.41) is 2.93. The number of hydrogen-bond acceptors (Lipinski definition) is 3. The van der Waals surface area contributed by atoms with Crippen LogP contribution in [-0.2, 0) is 0 Å². The first-order valence-electron chi connectivity index (χ1n) is 5.41. The Bertz CT molecular complexity index is 378. The zero-order chi connectivity index (χ0) is 11.0. The predicted octanol–water partition coefficient (Wildman–Crippen LogP) is 2.48. The Morgan fingerprint density at radius 3 is 2.67 bits per heavy atom. The smallest absolute Gasteiger partial charge is 0.186 e. The summed E-state index contributed by atoms with van der Waals surface area (Å²) in [6.45, 7) is 6.46. The van der Waals surface area contributed by atoms with E-state index in [9.17, 15) is 4.39 Å². The van der Waals surface area contributed by atoms with Gasteiger partial charge in [-0.05, 0) is 26.2 Å². The molecule has 2 rings (SSSR count). The van der Waals surface area contributed by atoms with Gasteiger partial charge in [0.2, 0.25) is 0 Å². The second kappa shape index (κ2) is 3.76. The van der Waals surface area contributed by atoms with Crippen molar-refractivity contribution < 1.29 is 4.39 Å². The highest BCUT2D eigenvalue weighted by Crippen LogP contribution is 2.45. The van der Waals surface area contributed by atoms with Crippen molar-refractivity contribution in [3.63, 3.8) is 0 Å². The van der Waals surface area contributed by atoms with Gasteiger partial charge in [0.1, 0.15) is 5.82 Å². The summed E-state index contributed by atoms with van der Waals surface area (Å²) < 4.78 is 13.6. The van der Waals surface area contributed by atoms with E-state index in [1.165, 1.54) is 0 Å². The number of rotatable bonds is 3. The van der Waals surface area contributed by atoms with Gasteiger partial charge in [0.05, 0.1) is 5.69 Å². The maximum Gasteiger partial charge on any atom is 0.186 e. The van der Waals surface area contributed by atoms with Crippen molar-refractivity contribution in [2.24, 2.45) is 5.92 Å². The maximum atomic E-state index is 13.6. The molecule has 2 atom stereocenters. The average molecular weight is 209 g/mol. The van der Waals surface area contributed by atoms with Gasteiger partial charge in [0.25, 0.3) is 0 Å². The van der Waals surface area contributed by atoms with Crippen molar-refractivity contribution in [1.82, 2.24) is 9.97 Å². The Balaban J connectivity index is 2.33. The lowest BCUT2D eigenvalue weighted by atomic mass is 10.3. The molecular formula is C11H16FN3. The van der Waals surface area contributed by atoms with E-state index in [0.717, 1.165) is 12.2 Å². The van der Waals surface area contributed by atoms with Crippen LogP contribution in [0.2, 0.25) is 0 Å². The maximum absolute atomic E-state index is 13.6. The van der Waals surface area contributed by atoms with Crippen molar-refractivity contribution in [3.8, 4) is 0 Å². The largest absolute Gasteiger partial charge is 0.368 e. The van der Waals surface area contributed by atoms with Crippen molar-refractivity contribution in [3.05, 3.63) is 17.3 Å². The number of halogens is 1. The van der Waals surface area contributed by atoms with Crippen LogP contribution in [-0.4, -0.2) is 16.5 Å². The molecule has 2 unspecified atom stereocenters. The molecule has 82 valence electrons. The first kappa shape index (κ1) is 10.3. The van der Waals surface area contributed by atoms with Crippen molar-refractivity contribution in [2.45, 2.75) is 33.1 Å². The number of nitrogens with one attached hydrogen (secondary N) is 1. The molecule has 4 heteroatoms. The lowest BCUT2D eigenvalue weighted by Crippen LogP contribution is -2.08. The summed E-state index contributed by atoms with van der Waals surface area (Å²) in [6, 6.07) is 0. The number of hydrogen-bond donors (Lipinski definition) is 1. The molecule has 0 radical (unpaired) electrons. The van der Waals surface area contributed by atoms with E-state index >= 15 is 0 Å². The van der Waals surface area contributed by atoms with Crippen LogP contribution >= 0.6 is 0 Å². The highest BCUT2D eigenvalue weighted by atomic mass is 19.1. The molecule has 0 aromatic carbocycles. The molecule has 0 saturated heterocycles. The van der Waals surface area contributed by atoms with Gasteiger partial charge in [-0.2, -0.15) is 0 Å². The lowest BCUT2D eigenvalue weighted by Gasteiger charge is -2.08. The van der Waals surface area contributed by atoms with E-state index in [0.29, 0.717) is 29.9 Å². The Morgan fingerprint density at radius 2 is 2.13 bits per heavy atom. The van der Waals surface area contributed by atoms with E-state index < -0.39 is 0 Å². The van der Waals surface area contributed by atoms with E-state index in [4.69, 9.17) is 0 Å². The minimum absolute atomic E-state index is 0.325. The van der Waals surface area contributed by atoms with Crippen LogP contribution in [0, 0.1) is 18.7 Å². The van der Waals surface area contributed by atoms with Crippen molar-refractivity contribution in [1.29, 1.82) is 0 Å². The molecule has 1 aliphatic carbocycles. The fraction of sp³-hybridized carbons (Fsp3) is 0.636. The quantitative estimate of drug-likeness (QED) is 0.831. The van der Waals surface area contributed by atoms with Crippen LogP contribution in [0.1, 0.15) is 37.7 Å². The van der Waals surface area contributed by atoms with Gasteiger partial charge >= 0.3 is 0 Å². The number of nitrogens with zero attached hydrogens (tertiary/aromatic N) is 2. The van der Waals surface area contributed by atoms with E-state index in [2.05, 4.69) is 22.2 Å². The zero-order valence-corrected chi connectivity index (χ0v) is 9.34. The van der Waals surface area contributed by atoms with Gasteiger partial charge in [-0.15, -0.1) is 0 Å². The zero-order valence-electron chi connectivity index (χ0n) is 9.34. The molecule has 1 saturated carbocycles. The SMILES string of the molecule is CCNc1nc(C2CC2C)nc(C)c1F. The molecule has 1 N–H and O–H groups in total. The molecule has 1 aliphatic rings. The van der Waals surface area contributed by atoms with Gasteiger partial charge < -0.3 is 5.32 Å². The lowest BCUT2D eigenvalue weighted by molar-refractivity contribution is 0.599. The Labute approximate surface area is 89.1 Å². The molecule has 15 heavy (non-hydrogen) atoms. The molecule has 1 heterocycles. The number of aryl methyl sites for hydroxylation is 1. The predicted molar refractivity (Wildman–Crippen MR) is 57.4 cm³/mol. The third-order valence-corrected chi connectivity index (χ3v) is 2.82. The van der Waals surface area contributed by atoms with Crippen LogP contribution in [0.5, 0.6) is 0 Å². The van der Waals surface area contributed by atoms with Crippen molar-refractivity contribution in [2.75, 3.05) is 11.9 Å². The van der Waals surface area contributed by atoms with Crippen LogP contribution in [0.25, 0.3) is 0 Å². The van der Waals surface area contributed by atoms with Gasteiger partial charge in [0.15, 0.2) is 11.6 Å². The normalized spacial score (nSPS) is 24.0. The Kier molecular flexibility index (Phi) is 2.59. The van der Waals surface area contributed by atoms with Crippen LogP contribution < -0.4 is 5.32 Å². The number of anilines is 1. The summed E-state index contributed by atoms with van der Waals surface area (Å²) in [7, 11) is 0. The molecule has 0 bridgehead atoms. The minimum Gasteiger partial charge on any atom is -0.368 e. The topological polar surface area (TPSA) is 37.8 Å². The van der Waals surface area contributed by atoms with Gasteiger partial charge in [-0.3, -0.25) is 0 Å². The minimum atomic E-state index is -0.325. The van der Waals surface area contributed by atoms with Gasteiger partial charge in [-0.25, -0.2) is 14.4 Å². The molecule has 0 amide bonds. The molecule has 1 fully saturated rings. The molecule has 1 aromatic rings. The third-order valence-electron chi connectivity index (χ3n) is 2.82. The molecule has 0 spiro atoms. The first-order valence-corrected chi connectivity index (χ1v) is 5.41. The molecule has 3 nitrogen and oxygen atoms in total. The summed E-state index contributed by atoms with van der Waals surface area (Å²) in [6.07, 6.45) is 1.12. The number of aromatic nitrogens is 2. The molecular weight excluding hydrogens is 193 g/mol.